The molecular weight excluding hydrogens is 863 g/mol. The summed E-state index contributed by atoms with van der Waals surface area (Å²) in [6.07, 6.45) is 0.875. The number of carbonyl (C=O) groups is 4. The lowest BCUT2D eigenvalue weighted by molar-refractivity contribution is -0.137. The Kier molecular flexibility index (Phi) is 12.3. The fourth-order valence-electron chi connectivity index (χ4n) is 7.68. The molecule has 0 radical (unpaired) electrons. The highest BCUT2D eigenvalue weighted by molar-refractivity contribution is 7.90. The Morgan fingerprint density at radius 2 is 1.56 bits per heavy atom. The van der Waals surface area contributed by atoms with Crippen molar-refractivity contribution >= 4 is 74.2 Å². The third-order valence-electron chi connectivity index (χ3n) is 10.9. The van der Waals surface area contributed by atoms with Crippen LogP contribution < -0.4 is 9.62 Å². The van der Waals surface area contributed by atoms with Gasteiger partial charge in [-0.2, -0.15) is 5.10 Å². The molecule has 1 aromatic heterocycles. The first-order valence-electron chi connectivity index (χ1n) is 19.5. The summed E-state index contributed by atoms with van der Waals surface area (Å²) in [5.74, 6) is -3.10. The number of carboxylic acids is 1. The van der Waals surface area contributed by atoms with Crippen molar-refractivity contribution in [3.63, 3.8) is 0 Å². The lowest BCUT2D eigenvalue weighted by atomic mass is 9.98. The van der Waals surface area contributed by atoms with Crippen LogP contribution in [0.1, 0.15) is 86.3 Å². The van der Waals surface area contributed by atoms with Gasteiger partial charge in [0.1, 0.15) is 0 Å². The van der Waals surface area contributed by atoms with Crippen molar-refractivity contribution < 1.29 is 32.7 Å². The summed E-state index contributed by atoms with van der Waals surface area (Å²) in [6.45, 7) is 8.66. The van der Waals surface area contributed by atoms with Gasteiger partial charge in [-0.05, 0) is 111 Å². The molecule has 17 heteroatoms. The smallest absolute Gasteiger partial charge is 0.305 e. The molecule has 0 unspecified atom stereocenters. The molecule has 61 heavy (non-hydrogen) atoms. The fraction of sp³-hybridized carbons (Fsp3) is 0.295. The Balaban J connectivity index is 1.20. The molecule has 0 bridgehead atoms. The normalized spacial score (nSPS) is 13.8. The SMILES string of the molecule is Cc1c(Cl)c(C(=O)N(CCC(=O)O)C(C)(C)C)nn1-c1ccc(C(=O)NS(=O)(=O)c2ccc3c(c2)CCN3Cc2ccc(Cl)c(Cl)c2)cc1C(=O)N1CCc2ccccc2C1. The van der Waals surface area contributed by atoms with Gasteiger partial charge < -0.3 is 19.8 Å². The monoisotopic (exact) mass is 904 g/mol. The second kappa shape index (κ2) is 17.2. The average Bonchev–Trinajstić information content (AvgIpc) is 3.76. The number of benzene rings is 4. The van der Waals surface area contributed by atoms with Crippen LogP contribution in [0.15, 0.2) is 83.8 Å². The van der Waals surface area contributed by atoms with E-state index < -0.39 is 39.3 Å². The largest absolute Gasteiger partial charge is 0.481 e. The minimum Gasteiger partial charge on any atom is -0.481 e. The van der Waals surface area contributed by atoms with Crippen molar-refractivity contribution in [2.24, 2.45) is 0 Å². The van der Waals surface area contributed by atoms with E-state index in [4.69, 9.17) is 34.8 Å². The molecule has 3 amide bonds. The predicted octanol–water partition coefficient (Wildman–Crippen LogP) is 7.74. The molecule has 0 spiro atoms. The highest BCUT2D eigenvalue weighted by atomic mass is 35.5. The minimum absolute atomic E-state index is 0.000342. The highest BCUT2D eigenvalue weighted by Crippen LogP contribution is 2.34. The number of amides is 3. The van der Waals surface area contributed by atoms with Crippen molar-refractivity contribution in [1.82, 2.24) is 24.3 Å². The van der Waals surface area contributed by atoms with E-state index in [0.29, 0.717) is 48.2 Å². The molecule has 2 N–H and O–H groups in total. The lowest BCUT2D eigenvalue weighted by Crippen LogP contribution is -2.46. The van der Waals surface area contributed by atoms with E-state index in [9.17, 15) is 32.7 Å². The zero-order chi connectivity index (χ0) is 44.0. The number of fused-ring (bicyclic) bond motifs is 2. The molecule has 5 aromatic rings. The van der Waals surface area contributed by atoms with Gasteiger partial charge in [0, 0.05) is 49.5 Å². The van der Waals surface area contributed by atoms with Crippen LogP contribution in [0.3, 0.4) is 0 Å². The maximum absolute atomic E-state index is 14.5. The van der Waals surface area contributed by atoms with Gasteiger partial charge in [0.2, 0.25) is 0 Å². The molecule has 0 saturated carbocycles. The highest BCUT2D eigenvalue weighted by Gasteiger charge is 2.34. The molecule has 7 rings (SSSR count). The summed E-state index contributed by atoms with van der Waals surface area (Å²) in [5.41, 5.74) is 4.15. The summed E-state index contributed by atoms with van der Waals surface area (Å²) in [6, 6.07) is 22.0. The Morgan fingerprint density at radius 3 is 2.26 bits per heavy atom. The molecule has 3 heterocycles. The first-order valence-corrected chi connectivity index (χ1v) is 22.1. The second-order valence-corrected chi connectivity index (χ2v) is 18.9. The van der Waals surface area contributed by atoms with Crippen LogP contribution in [0.5, 0.6) is 0 Å². The summed E-state index contributed by atoms with van der Waals surface area (Å²) in [5, 5.41) is 14.8. The zero-order valence-electron chi connectivity index (χ0n) is 33.8. The molecular formula is C44H43Cl3N6O7S. The Hall–Kier alpha value is -5.41. The number of hydrogen-bond donors (Lipinski definition) is 2. The Morgan fingerprint density at radius 1 is 0.852 bits per heavy atom. The van der Waals surface area contributed by atoms with E-state index in [-0.39, 0.29) is 51.9 Å². The summed E-state index contributed by atoms with van der Waals surface area (Å²) in [7, 11) is -4.37. The molecule has 0 atom stereocenters. The van der Waals surface area contributed by atoms with Crippen LogP contribution in [0, 0.1) is 6.92 Å². The van der Waals surface area contributed by atoms with Crippen molar-refractivity contribution in [3.05, 3.63) is 139 Å². The average molecular weight is 906 g/mol. The number of rotatable bonds is 11. The van der Waals surface area contributed by atoms with E-state index in [2.05, 4.69) is 14.7 Å². The molecule has 2 aliphatic rings. The van der Waals surface area contributed by atoms with Gasteiger partial charge in [-0.1, -0.05) is 65.1 Å². The van der Waals surface area contributed by atoms with Crippen molar-refractivity contribution in [2.45, 2.75) is 70.5 Å². The van der Waals surface area contributed by atoms with Crippen LogP contribution >= 0.6 is 34.8 Å². The van der Waals surface area contributed by atoms with Crippen LogP contribution in [-0.4, -0.2) is 82.0 Å². The van der Waals surface area contributed by atoms with Gasteiger partial charge in [0.05, 0.1) is 43.3 Å². The molecule has 318 valence electrons. The van der Waals surface area contributed by atoms with Gasteiger partial charge in [0.15, 0.2) is 5.69 Å². The number of sulfonamides is 1. The molecule has 4 aromatic carbocycles. The molecule has 2 aliphatic heterocycles. The molecule has 0 aliphatic carbocycles. The van der Waals surface area contributed by atoms with E-state index >= 15 is 0 Å². The zero-order valence-corrected chi connectivity index (χ0v) is 36.9. The standard InChI is InChI=1S/C44H43Cl3N6O7S/c1-26-39(47)40(43(58)52(44(2,3)4)20-17-38(54)55)48-53(26)37-13-10-30(23-33(37)42(57)51-19-15-28-7-5-6-8-31(28)25-51)41(56)49-61(59,60)32-11-14-36-29(22-32)16-18-50(36)24-27-9-12-34(45)35(46)21-27/h5-14,21-23H,15-20,24-25H2,1-4H3,(H,49,56)(H,54,55). The topological polar surface area (TPSA) is 162 Å². The van der Waals surface area contributed by atoms with Crippen LogP contribution in [0.25, 0.3) is 5.69 Å². The minimum atomic E-state index is -4.37. The fourth-order valence-corrected chi connectivity index (χ4v) is 9.22. The molecule has 0 saturated heterocycles. The van der Waals surface area contributed by atoms with Crippen molar-refractivity contribution in [1.29, 1.82) is 0 Å². The number of aliphatic carboxylic acids is 1. The first kappa shape index (κ1) is 43.7. The van der Waals surface area contributed by atoms with Gasteiger partial charge in [-0.25, -0.2) is 17.8 Å². The number of hydrogen-bond acceptors (Lipinski definition) is 8. The van der Waals surface area contributed by atoms with E-state index in [1.807, 2.05) is 30.3 Å². The van der Waals surface area contributed by atoms with Gasteiger partial charge in [-0.3, -0.25) is 19.2 Å². The van der Waals surface area contributed by atoms with Gasteiger partial charge in [0.25, 0.3) is 27.7 Å². The quantitative estimate of drug-likeness (QED) is 0.135. The third-order valence-corrected chi connectivity index (χ3v) is 13.4. The van der Waals surface area contributed by atoms with Crippen LogP contribution in [0.4, 0.5) is 5.69 Å². The van der Waals surface area contributed by atoms with E-state index in [1.54, 1.807) is 56.9 Å². The van der Waals surface area contributed by atoms with Crippen molar-refractivity contribution in [3.8, 4) is 5.69 Å². The number of halogens is 3. The number of carbonyl (C=O) groups excluding carboxylic acids is 3. The first-order chi connectivity index (χ1) is 28.8. The van der Waals surface area contributed by atoms with Crippen LogP contribution in [-0.2, 0) is 40.7 Å². The maximum Gasteiger partial charge on any atom is 0.305 e. The van der Waals surface area contributed by atoms with Gasteiger partial charge >= 0.3 is 5.97 Å². The number of aromatic nitrogens is 2. The van der Waals surface area contributed by atoms with Gasteiger partial charge in [-0.15, -0.1) is 0 Å². The predicted molar refractivity (Wildman–Crippen MR) is 234 cm³/mol. The van der Waals surface area contributed by atoms with Crippen molar-refractivity contribution in [2.75, 3.05) is 24.5 Å². The number of nitrogens with one attached hydrogen (secondary N) is 1. The molecule has 13 nitrogen and oxygen atoms in total. The van der Waals surface area contributed by atoms with E-state index in [0.717, 1.165) is 27.9 Å². The Bertz CT molecular complexity index is 2710. The Labute approximate surface area is 368 Å². The third kappa shape index (κ3) is 9.13. The number of anilines is 1. The van der Waals surface area contributed by atoms with Crippen LogP contribution in [0.2, 0.25) is 15.1 Å². The number of carboxylic acid groups (broad SMARTS) is 1. The lowest BCUT2D eigenvalue weighted by Gasteiger charge is -2.35. The number of nitrogens with zero attached hydrogens (tertiary/aromatic N) is 5. The maximum atomic E-state index is 14.5. The summed E-state index contributed by atoms with van der Waals surface area (Å²) >= 11 is 19.1. The second-order valence-electron chi connectivity index (χ2n) is 16.1. The van der Waals surface area contributed by atoms with E-state index in [1.165, 1.54) is 33.8 Å². The molecule has 0 fully saturated rings. The summed E-state index contributed by atoms with van der Waals surface area (Å²) in [4.78, 5) is 58.8. The summed E-state index contributed by atoms with van der Waals surface area (Å²) < 4.78 is 31.0.